The molecule has 2 aromatic heterocycles. The number of anilines is 2. The van der Waals surface area contributed by atoms with Crippen LogP contribution in [-0.2, 0) is 11.2 Å². The molecule has 2 N–H and O–H groups in total. The Morgan fingerprint density at radius 3 is 2.75 bits per heavy atom. The van der Waals surface area contributed by atoms with Crippen molar-refractivity contribution in [2.45, 2.75) is 30.0 Å². The molecule has 0 radical (unpaired) electrons. The number of nitrogens with one attached hydrogen (secondary N) is 2. The van der Waals surface area contributed by atoms with E-state index in [-0.39, 0.29) is 17.7 Å². The Hall–Kier alpha value is -2.30. The molecule has 1 aliphatic rings. The van der Waals surface area contributed by atoms with Gasteiger partial charge in [-0.05, 0) is 30.7 Å². The second-order valence-electron chi connectivity index (χ2n) is 6.03. The summed E-state index contributed by atoms with van der Waals surface area (Å²) in [5.74, 6) is 0.239. The van der Waals surface area contributed by atoms with Crippen molar-refractivity contribution >= 4 is 56.5 Å². The van der Waals surface area contributed by atoms with E-state index < -0.39 is 0 Å². The molecule has 0 saturated carbocycles. The molecule has 3 aromatic rings. The minimum Gasteiger partial charge on any atom is -0.300 e. The summed E-state index contributed by atoms with van der Waals surface area (Å²) in [7, 11) is 0. The molecule has 28 heavy (non-hydrogen) atoms. The first-order valence-electron chi connectivity index (χ1n) is 8.77. The minimum absolute atomic E-state index is 0.130. The van der Waals surface area contributed by atoms with Crippen molar-refractivity contribution in [1.82, 2.24) is 15.2 Å². The van der Waals surface area contributed by atoms with Crippen LogP contribution in [0.3, 0.4) is 0 Å². The van der Waals surface area contributed by atoms with E-state index in [1.54, 1.807) is 23.9 Å². The first-order valence-corrected chi connectivity index (χ1v) is 11.4. The minimum atomic E-state index is -0.334. The maximum Gasteiger partial charge on any atom is 0.257 e. The third-order valence-electron chi connectivity index (χ3n) is 4.20. The van der Waals surface area contributed by atoms with Crippen LogP contribution in [0.1, 0.15) is 40.2 Å². The highest BCUT2D eigenvalue weighted by molar-refractivity contribution is 8.01. The van der Waals surface area contributed by atoms with E-state index in [9.17, 15) is 9.59 Å². The standard InChI is InChI=1S/C18H17N5O2S3/c1-2-26-18-23-22-17(28-18)21-15(25)11-8-9-12-13(11)19-16(27-12)20-14(24)10-6-4-3-5-7-10/h3-7,11H,2,8-9H2,1H3,(H,19,20,24)(H,21,22,25). The zero-order chi connectivity index (χ0) is 19.5. The van der Waals surface area contributed by atoms with Crippen LogP contribution in [0.5, 0.6) is 0 Å². The van der Waals surface area contributed by atoms with Gasteiger partial charge in [-0.15, -0.1) is 21.5 Å². The Labute approximate surface area is 174 Å². The molecule has 1 atom stereocenters. The molecule has 1 aromatic carbocycles. The summed E-state index contributed by atoms with van der Waals surface area (Å²) < 4.78 is 0.837. The number of thioether (sulfide) groups is 1. The number of rotatable bonds is 6. The number of aromatic nitrogens is 3. The average molecular weight is 432 g/mol. The number of nitrogens with zero attached hydrogens (tertiary/aromatic N) is 3. The Morgan fingerprint density at radius 2 is 1.96 bits per heavy atom. The van der Waals surface area contributed by atoms with Crippen LogP contribution in [0, 0.1) is 0 Å². The van der Waals surface area contributed by atoms with Gasteiger partial charge in [0.2, 0.25) is 11.0 Å². The lowest BCUT2D eigenvalue weighted by Gasteiger charge is -2.08. The summed E-state index contributed by atoms with van der Waals surface area (Å²) >= 11 is 4.40. The third kappa shape index (κ3) is 4.08. The van der Waals surface area contributed by atoms with E-state index >= 15 is 0 Å². The molecule has 0 fully saturated rings. The number of carbonyl (C=O) groups is 2. The highest BCUT2D eigenvalue weighted by Gasteiger charge is 2.33. The quantitative estimate of drug-likeness (QED) is 0.452. The molecule has 0 saturated heterocycles. The van der Waals surface area contributed by atoms with E-state index in [0.717, 1.165) is 27.1 Å². The number of thiazole rings is 1. The molecular formula is C18H17N5O2S3. The van der Waals surface area contributed by atoms with Crippen LogP contribution in [0.2, 0.25) is 0 Å². The zero-order valence-electron chi connectivity index (χ0n) is 15.0. The van der Waals surface area contributed by atoms with Gasteiger partial charge < -0.3 is 0 Å². The maximum atomic E-state index is 12.7. The van der Waals surface area contributed by atoms with Crippen molar-refractivity contribution in [3.05, 3.63) is 46.5 Å². The second-order valence-corrected chi connectivity index (χ2v) is 9.61. The van der Waals surface area contributed by atoms with E-state index in [1.807, 2.05) is 25.1 Å². The van der Waals surface area contributed by atoms with Crippen molar-refractivity contribution in [3.8, 4) is 0 Å². The van der Waals surface area contributed by atoms with Crippen molar-refractivity contribution in [2.75, 3.05) is 16.4 Å². The molecule has 7 nitrogen and oxygen atoms in total. The first kappa shape index (κ1) is 19.0. The third-order valence-corrected chi connectivity index (χ3v) is 7.10. The summed E-state index contributed by atoms with van der Waals surface area (Å²) in [5.41, 5.74) is 1.32. The van der Waals surface area contributed by atoms with E-state index in [2.05, 4.69) is 25.8 Å². The molecular weight excluding hydrogens is 414 g/mol. The van der Waals surface area contributed by atoms with Gasteiger partial charge in [-0.2, -0.15) is 0 Å². The molecule has 2 heterocycles. The van der Waals surface area contributed by atoms with Gasteiger partial charge in [0.05, 0.1) is 11.6 Å². The van der Waals surface area contributed by atoms with Gasteiger partial charge in [0, 0.05) is 10.4 Å². The van der Waals surface area contributed by atoms with Gasteiger partial charge >= 0.3 is 0 Å². The normalized spacial score (nSPS) is 15.2. The summed E-state index contributed by atoms with van der Waals surface area (Å²) in [6.45, 7) is 2.04. The topological polar surface area (TPSA) is 96.9 Å². The fraction of sp³-hybridized carbons (Fsp3) is 0.278. The van der Waals surface area contributed by atoms with Gasteiger partial charge in [-0.3, -0.25) is 20.2 Å². The molecule has 2 amide bonds. The predicted molar refractivity (Wildman–Crippen MR) is 113 cm³/mol. The molecule has 1 aliphatic carbocycles. The predicted octanol–water partition coefficient (Wildman–Crippen LogP) is 4.03. The number of amides is 2. The summed E-state index contributed by atoms with van der Waals surface area (Å²) in [6, 6.07) is 8.99. The Bertz CT molecular complexity index is 1000. The van der Waals surface area contributed by atoms with E-state index in [1.165, 1.54) is 22.7 Å². The molecule has 0 aliphatic heterocycles. The first-order chi connectivity index (χ1) is 13.6. The Kier molecular flexibility index (Phi) is 5.69. The fourth-order valence-corrected chi connectivity index (χ4v) is 5.61. The molecule has 4 rings (SSSR count). The van der Waals surface area contributed by atoms with E-state index in [0.29, 0.717) is 22.2 Å². The van der Waals surface area contributed by atoms with Crippen molar-refractivity contribution in [1.29, 1.82) is 0 Å². The average Bonchev–Trinajstić information content (AvgIpc) is 3.39. The van der Waals surface area contributed by atoms with Gasteiger partial charge in [0.1, 0.15) is 0 Å². The number of benzene rings is 1. The van der Waals surface area contributed by atoms with Crippen LogP contribution in [0.4, 0.5) is 10.3 Å². The fourth-order valence-electron chi connectivity index (χ4n) is 2.93. The van der Waals surface area contributed by atoms with Crippen LogP contribution in [0.25, 0.3) is 0 Å². The van der Waals surface area contributed by atoms with Crippen molar-refractivity contribution in [3.63, 3.8) is 0 Å². The highest BCUT2D eigenvalue weighted by atomic mass is 32.2. The number of hydrogen-bond acceptors (Lipinski definition) is 8. The van der Waals surface area contributed by atoms with Crippen LogP contribution in [-0.4, -0.2) is 32.7 Å². The number of aryl methyl sites for hydroxylation is 1. The lowest BCUT2D eigenvalue weighted by molar-refractivity contribution is -0.117. The molecule has 10 heteroatoms. The van der Waals surface area contributed by atoms with Crippen molar-refractivity contribution < 1.29 is 9.59 Å². The van der Waals surface area contributed by atoms with Crippen molar-refractivity contribution in [2.24, 2.45) is 0 Å². The summed E-state index contributed by atoms with van der Waals surface area (Å²) in [6.07, 6.45) is 1.49. The lowest BCUT2D eigenvalue weighted by atomic mass is 10.1. The number of hydrogen-bond donors (Lipinski definition) is 2. The molecule has 1 unspecified atom stereocenters. The van der Waals surface area contributed by atoms with Gasteiger partial charge in [-0.25, -0.2) is 4.98 Å². The number of fused-ring (bicyclic) bond motifs is 1. The molecule has 144 valence electrons. The molecule has 0 spiro atoms. The SMILES string of the molecule is CCSc1nnc(NC(=O)C2CCc3sc(NC(=O)c4ccccc4)nc32)s1. The van der Waals surface area contributed by atoms with Gasteiger partial charge in [-0.1, -0.05) is 48.2 Å². The Balaban J connectivity index is 1.43. The van der Waals surface area contributed by atoms with Crippen LogP contribution in [0.15, 0.2) is 34.7 Å². The largest absolute Gasteiger partial charge is 0.300 e. The van der Waals surface area contributed by atoms with Crippen LogP contribution >= 0.6 is 34.4 Å². The summed E-state index contributed by atoms with van der Waals surface area (Å²) in [5, 5.41) is 14.8. The lowest BCUT2D eigenvalue weighted by Crippen LogP contribution is -2.20. The summed E-state index contributed by atoms with van der Waals surface area (Å²) in [4.78, 5) is 30.6. The second kappa shape index (κ2) is 8.38. The van der Waals surface area contributed by atoms with Gasteiger partial charge in [0.15, 0.2) is 9.47 Å². The maximum absolute atomic E-state index is 12.7. The smallest absolute Gasteiger partial charge is 0.257 e. The zero-order valence-corrected chi connectivity index (χ0v) is 17.4. The number of carbonyl (C=O) groups excluding carboxylic acids is 2. The van der Waals surface area contributed by atoms with E-state index in [4.69, 9.17) is 0 Å². The monoisotopic (exact) mass is 431 g/mol. The van der Waals surface area contributed by atoms with Gasteiger partial charge in [0.25, 0.3) is 5.91 Å². The molecule has 0 bridgehead atoms. The van der Waals surface area contributed by atoms with Crippen LogP contribution < -0.4 is 10.6 Å². The highest BCUT2D eigenvalue weighted by Crippen LogP contribution is 2.39. The Morgan fingerprint density at radius 1 is 1.14 bits per heavy atom.